The third kappa shape index (κ3) is 79.0. The number of Topliss-reactive ketones (excluding diaryl/α,β-unsaturated/α-hetero) is 2. The summed E-state index contributed by atoms with van der Waals surface area (Å²) in [5, 5.41) is 53.9. The molecule has 0 aromatic heterocycles. The van der Waals surface area contributed by atoms with Crippen molar-refractivity contribution in [2.24, 2.45) is 58.2 Å². The summed E-state index contributed by atoms with van der Waals surface area (Å²) in [7, 11) is 2.91. The molecule has 10 rings (SSSR count). The Kier molecular flexibility index (Phi) is 123. The lowest BCUT2D eigenvalue weighted by atomic mass is 9.52. The SMILES string of the molecule is C.C.C.C.C.C.C.C.C.C.C.C.C.C1CCOC1.C1CCOCC1.C=CO.CC(=O)CO.CC(C)(C)C.CC1C2CC3CC(C2)CC1C3.CC1CC2CCC1C2(C)C.CCO.COC(=O)CO.COC1CCCCO1.Cc1ccccc1.O=C(CO)C(Cl)(Cl)Cl.OCCO. The number of hydrogen-bond acceptors (Lipinski definition) is 15. The lowest BCUT2D eigenvalue weighted by molar-refractivity contribution is -0.145. The van der Waals surface area contributed by atoms with Crippen LogP contribution in [0.2, 0.25) is 0 Å². The van der Waals surface area contributed by atoms with Crippen molar-refractivity contribution in [1.82, 2.24) is 0 Å². The summed E-state index contributed by atoms with van der Waals surface area (Å²) in [6, 6.07) is 10.3. The molecule has 94 heavy (non-hydrogen) atoms. The van der Waals surface area contributed by atoms with Gasteiger partial charge in [0.15, 0.2) is 12.1 Å². The molecule has 15 nitrogen and oxygen atoms in total. The first-order chi connectivity index (χ1) is 38.1. The van der Waals surface area contributed by atoms with Gasteiger partial charge in [0.2, 0.25) is 5.78 Å². The van der Waals surface area contributed by atoms with E-state index in [0.29, 0.717) is 10.8 Å². The number of carbonyl (C=O) groups is 3. The third-order valence-electron chi connectivity index (χ3n) is 14.3. The maximum Gasteiger partial charge on any atom is 0.331 e. The fourth-order valence-corrected chi connectivity index (χ4v) is 10.6. The zero-order valence-corrected chi connectivity index (χ0v) is 54.8. The number of methoxy groups -OCH3 is 2. The summed E-state index contributed by atoms with van der Waals surface area (Å²) < 4.78 is 22.2. The van der Waals surface area contributed by atoms with Crippen LogP contribution < -0.4 is 0 Å². The Morgan fingerprint density at radius 2 is 0.968 bits per heavy atom. The average molecular weight is 1430 g/mol. The van der Waals surface area contributed by atoms with Crippen LogP contribution in [0.15, 0.2) is 43.2 Å². The van der Waals surface area contributed by atoms with Gasteiger partial charge in [0.05, 0.1) is 26.6 Å². The first-order valence-corrected chi connectivity index (χ1v) is 30.6. The second-order valence-electron chi connectivity index (χ2n) is 23.5. The van der Waals surface area contributed by atoms with Crippen molar-refractivity contribution in [2.45, 2.75) is 286 Å². The van der Waals surface area contributed by atoms with Gasteiger partial charge in [0.25, 0.3) is 3.79 Å². The summed E-state index contributed by atoms with van der Waals surface area (Å²) in [4.78, 5) is 29.5. The highest BCUT2D eigenvalue weighted by Crippen LogP contribution is 2.60. The number of rotatable bonds is 5. The maximum absolute atomic E-state index is 10.2. The van der Waals surface area contributed by atoms with Crippen LogP contribution >= 0.6 is 34.8 Å². The predicted molar refractivity (Wildman–Crippen MR) is 418 cm³/mol. The van der Waals surface area contributed by atoms with E-state index in [4.69, 9.17) is 89.5 Å². The Hall–Kier alpha value is -1.96. The number of halogens is 3. The standard InChI is InChI=1S/C11H18.C10H18.C7H8.C6H12O2.C5H10O.C5H12.C4H8O.C3H3Cl3O2.C3H6O3.C3H6O2.C2H6O2.C2H6O.C2H4O.13CH4/c1-7-10-3-8-2-9(5-10)6-11(7)4-8;1-7-6-8-4-5-9(7)10(8,2)3;1-7-5-3-2-4-6-7;1-7-6-4-2-3-5-8-6;1-2-4-6-5-3-1;1-5(2,3)4;1-2-4-5-3-1;4-3(5,6)2(8)1-7;1-6-3(5)2-4;1-3(5)2-4;3-1-2-4;2*1-2-3;;;;;;;;;;;;;/h7-11H,2-6H2,1H3;7-9H,4-6H2,1-3H3;2-6H,1H3;6H,2-5H2,1H3;1-5H2;1-4H3;1-4H2;7H,1H2;4H,2H2,1H3;4H,2H2,1H3;3-4H,1-2H2;3H,2H2,1H3;2-3H,1H2;13*1H4. The minimum atomic E-state index is -1.96. The van der Waals surface area contributed by atoms with Gasteiger partial charge in [0, 0.05) is 46.8 Å². The molecule has 7 N–H and O–H groups in total. The van der Waals surface area contributed by atoms with Crippen molar-refractivity contribution >= 4 is 52.3 Å². The van der Waals surface area contributed by atoms with E-state index in [1.165, 1.54) is 83.8 Å². The summed E-state index contributed by atoms with van der Waals surface area (Å²) in [6.45, 7) is 29.9. The van der Waals surface area contributed by atoms with E-state index in [0.717, 1.165) is 93.1 Å². The molecule has 584 valence electrons. The Balaban J connectivity index is -0.0000000457. The number of alkyl halides is 3. The Labute approximate surface area is 602 Å². The van der Waals surface area contributed by atoms with Crippen LogP contribution in [0.25, 0.3) is 0 Å². The van der Waals surface area contributed by atoms with Gasteiger partial charge < -0.3 is 59.4 Å². The largest absolute Gasteiger partial charge is 0.516 e. The highest BCUT2D eigenvalue weighted by molar-refractivity contribution is 6.76. The second kappa shape index (κ2) is 85.3. The molecule has 3 heterocycles. The van der Waals surface area contributed by atoms with Crippen molar-refractivity contribution in [1.29, 1.82) is 0 Å². The molecule has 0 radical (unpaired) electrons. The fourth-order valence-electron chi connectivity index (χ4n) is 10.5. The summed E-state index contributed by atoms with van der Waals surface area (Å²) in [6.07, 6.45) is 23.3. The van der Waals surface area contributed by atoms with Gasteiger partial charge in [0.1, 0.15) is 19.8 Å². The van der Waals surface area contributed by atoms with E-state index in [1.807, 2.05) is 18.2 Å². The molecule has 1 aromatic carbocycles. The molecule has 4 atom stereocenters. The number of esters is 1. The van der Waals surface area contributed by atoms with Crippen LogP contribution in [0.4, 0.5) is 0 Å². The number of aliphatic hydroxyl groups is 7. The minimum absolute atomic E-state index is 0. The number of aryl methyl sites for hydroxylation is 1. The minimum Gasteiger partial charge on any atom is -0.516 e. The second-order valence-corrected chi connectivity index (χ2v) is 25.8. The molecule has 0 amide bonds. The van der Waals surface area contributed by atoms with Crippen LogP contribution in [0.3, 0.4) is 0 Å². The quantitative estimate of drug-likeness (QED) is 0.0824. The van der Waals surface area contributed by atoms with E-state index in [-0.39, 0.29) is 135 Å². The smallest absolute Gasteiger partial charge is 0.331 e. The molecule has 18 heteroatoms. The predicted octanol–water partition coefficient (Wildman–Crippen LogP) is 20.9. The third-order valence-corrected chi connectivity index (χ3v) is 14.9. The molecule has 9 aliphatic rings. The van der Waals surface area contributed by atoms with Gasteiger partial charge in [-0.15, -0.1) is 0 Å². The van der Waals surface area contributed by atoms with Gasteiger partial charge in [-0.25, -0.2) is 4.79 Å². The number of fused-ring (bicyclic) bond motifs is 2. The number of carbonyl (C=O) groups excluding carboxylic acids is 3. The summed E-state index contributed by atoms with van der Waals surface area (Å²) in [5.74, 6) is 7.23. The van der Waals surface area contributed by atoms with E-state index in [1.54, 1.807) is 46.1 Å². The van der Waals surface area contributed by atoms with Crippen molar-refractivity contribution in [2.75, 3.05) is 86.9 Å². The number of ketones is 2. The molecule has 6 saturated carbocycles. The van der Waals surface area contributed by atoms with E-state index >= 15 is 0 Å². The van der Waals surface area contributed by atoms with Gasteiger partial charge in [-0.05, 0) is 182 Å². The molecule has 6 aliphatic carbocycles. The number of benzene rings is 1. The normalized spacial score (nSPS) is 21.6. The first kappa shape index (κ1) is 135. The number of aliphatic hydroxyl groups excluding tert-OH is 7. The van der Waals surface area contributed by atoms with E-state index in [9.17, 15) is 14.4 Å². The highest BCUT2D eigenvalue weighted by Gasteiger charge is 2.51. The Morgan fingerprint density at radius 3 is 1.12 bits per heavy atom. The van der Waals surface area contributed by atoms with Crippen molar-refractivity contribution in [3.63, 3.8) is 0 Å². The zero-order chi connectivity index (χ0) is 62.9. The van der Waals surface area contributed by atoms with Gasteiger partial charge >= 0.3 is 5.97 Å². The van der Waals surface area contributed by atoms with Crippen molar-refractivity contribution in [3.8, 4) is 0 Å². The topological polar surface area (TPSA) is 239 Å². The molecule has 6 bridgehead atoms. The van der Waals surface area contributed by atoms with Crippen LogP contribution in [-0.2, 0) is 38.1 Å². The Morgan fingerprint density at radius 1 is 0.606 bits per heavy atom. The van der Waals surface area contributed by atoms with E-state index < -0.39 is 28.8 Å². The number of hydrogen-bond donors (Lipinski definition) is 7. The fraction of sp³-hybridized carbons (Fsp3) is 0.855. The maximum atomic E-state index is 10.2. The first-order valence-electron chi connectivity index (χ1n) is 29.5. The molecule has 0 spiro atoms. The monoisotopic (exact) mass is 1430 g/mol. The van der Waals surface area contributed by atoms with Crippen molar-refractivity contribution < 1.29 is 73.8 Å². The van der Waals surface area contributed by atoms with Crippen LogP contribution in [0.5, 0.6) is 0 Å². The summed E-state index contributed by atoms with van der Waals surface area (Å²) >= 11 is 15.0. The Bertz CT molecular complexity index is 1540. The van der Waals surface area contributed by atoms with Crippen LogP contribution in [-0.4, -0.2) is 150 Å². The molecule has 4 unspecified atom stereocenters. The zero-order valence-electron chi connectivity index (χ0n) is 52.5. The number of ether oxygens (including phenoxy) is 5. The van der Waals surface area contributed by atoms with Crippen LogP contribution in [0.1, 0.15) is 274 Å². The van der Waals surface area contributed by atoms with E-state index in [2.05, 4.69) is 85.8 Å². The van der Waals surface area contributed by atoms with Gasteiger partial charge in [-0.2, -0.15) is 0 Å². The molecule has 3 aliphatic heterocycles. The molecular formula is C76H169Cl3O15. The lowest BCUT2D eigenvalue weighted by Crippen LogP contribution is -2.43. The van der Waals surface area contributed by atoms with Crippen LogP contribution in [0, 0.1) is 65.1 Å². The van der Waals surface area contributed by atoms with Gasteiger partial charge in [-0.3, -0.25) is 9.59 Å². The highest BCUT2D eigenvalue weighted by atomic mass is 35.6. The average Bonchev–Trinajstić information content (AvgIpc) is 1.42. The van der Waals surface area contributed by atoms with Crippen molar-refractivity contribution in [3.05, 3.63) is 48.7 Å². The molecule has 3 saturated heterocycles. The molecule has 9 fully saturated rings. The summed E-state index contributed by atoms with van der Waals surface area (Å²) in [5.41, 5.74) is 2.52. The van der Waals surface area contributed by atoms with Gasteiger partial charge in [-0.1, -0.05) is 229 Å². The molecular weight excluding hydrogens is 1260 g/mol. The molecule has 1 aromatic rings. The lowest BCUT2D eigenvalue weighted by Gasteiger charge is -2.53.